The first-order chi connectivity index (χ1) is 6.55. The maximum Gasteiger partial charge on any atom is 0.0854 e. The smallest absolute Gasteiger partial charge is 0.0854 e. The number of unbranched alkanes of at least 4 members (excludes halogenated alkanes) is 1. The summed E-state index contributed by atoms with van der Waals surface area (Å²) in [5.74, 6) is 0.639. The highest BCUT2D eigenvalue weighted by Crippen LogP contribution is 2.24. The van der Waals surface area contributed by atoms with Gasteiger partial charge in [-0.05, 0) is 19.3 Å². The fraction of sp³-hybridized carbons (Fsp3) is 1.00. The van der Waals surface area contributed by atoms with Crippen molar-refractivity contribution < 1.29 is 9.84 Å². The molecule has 0 aliphatic carbocycles. The summed E-state index contributed by atoms with van der Waals surface area (Å²) in [6.07, 6.45) is 5.74. The average molecular weight is 202 g/mol. The lowest BCUT2D eigenvalue weighted by molar-refractivity contribution is -0.0346. The molecule has 0 aliphatic heterocycles. The number of rotatable bonds is 8. The van der Waals surface area contributed by atoms with Gasteiger partial charge in [0.1, 0.15) is 0 Å². The molecule has 1 N–H and O–H groups in total. The summed E-state index contributed by atoms with van der Waals surface area (Å²) < 4.78 is 5.01. The number of aliphatic hydroxyl groups is 1. The highest BCUT2D eigenvalue weighted by atomic mass is 16.5. The Hall–Kier alpha value is -0.0800. The summed E-state index contributed by atoms with van der Waals surface area (Å²) in [5.41, 5.74) is -0.650. The Bertz CT molecular complexity index is 132. The molecule has 0 bridgehead atoms. The van der Waals surface area contributed by atoms with Crippen LogP contribution in [-0.4, -0.2) is 24.4 Å². The molecule has 0 aromatic heterocycles. The number of ether oxygens (including phenoxy) is 1. The Balaban J connectivity index is 3.89. The van der Waals surface area contributed by atoms with Crippen LogP contribution in [0.4, 0.5) is 0 Å². The topological polar surface area (TPSA) is 29.5 Å². The Morgan fingerprint density at radius 2 is 2.00 bits per heavy atom. The molecule has 0 aromatic rings. The molecule has 2 nitrogen and oxygen atoms in total. The standard InChI is InChI=1S/C12H26O2/c1-5-7-8-11(6-2)9-12(3,13)10-14-4/h11,13H,5-10H2,1-4H3. The van der Waals surface area contributed by atoms with Crippen LogP contribution >= 0.6 is 0 Å². The third-order valence-corrected chi connectivity index (χ3v) is 2.73. The lowest BCUT2D eigenvalue weighted by Crippen LogP contribution is -2.32. The molecule has 0 rings (SSSR count). The second kappa shape index (κ2) is 7.24. The lowest BCUT2D eigenvalue weighted by Gasteiger charge is -2.27. The van der Waals surface area contributed by atoms with Crippen molar-refractivity contribution in [3.63, 3.8) is 0 Å². The molecule has 86 valence electrons. The molecule has 0 saturated carbocycles. The quantitative estimate of drug-likeness (QED) is 0.655. The third-order valence-electron chi connectivity index (χ3n) is 2.73. The summed E-state index contributed by atoms with van der Waals surface area (Å²) >= 11 is 0. The Morgan fingerprint density at radius 3 is 2.43 bits per heavy atom. The van der Waals surface area contributed by atoms with Gasteiger partial charge in [-0.15, -0.1) is 0 Å². The van der Waals surface area contributed by atoms with Crippen LogP contribution in [0.25, 0.3) is 0 Å². The highest BCUT2D eigenvalue weighted by molar-refractivity contribution is 4.76. The first-order valence-corrected chi connectivity index (χ1v) is 5.77. The normalized spacial score (nSPS) is 17.8. The van der Waals surface area contributed by atoms with Gasteiger partial charge in [0.05, 0.1) is 12.2 Å². The summed E-state index contributed by atoms with van der Waals surface area (Å²) in [4.78, 5) is 0. The van der Waals surface area contributed by atoms with E-state index in [2.05, 4.69) is 13.8 Å². The molecular formula is C12H26O2. The maximum absolute atomic E-state index is 9.99. The van der Waals surface area contributed by atoms with Crippen molar-refractivity contribution in [1.82, 2.24) is 0 Å². The fourth-order valence-corrected chi connectivity index (χ4v) is 1.94. The van der Waals surface area contributed by atoms with E-state index in [0.717, 1.165) is 12.8 Å². The van der Waals surface area contributed by atoms with Crippen LogP contribution in [-0.2, 0) is 4.74 Å². The highest BCUT2D eigenvalue weighted by Gasteiger charge is 2.24. The molecule has 2 unspecified atom stereocenters. The fourth-order valence-electron chi connectivity index (χ4n) is 1.94. The molecule has 0 amide bonds. The summed E-state index contributed by atoms with van der Waals surface area (Å²) in [6, 6.07) is 0. The zero-order chi connectivity index (χ0) is 11.0. The van der Waals surface area contributed by atoms with Crippen molar-refractivity contribution >= 4 is 0 Å². The van der Waals surface area contributed by atoms with Crippen LogP contribution in [0.2, 0.25) is 0 Å². The van der Waals surface area contributed by atoms with E-state index in [9.17, 15) is 5.11 Å². The van der Waals surface area contributed by atoms with E-state index in [4.69, 9.17) is 4.74 Å². The van der Waals surface area contributed by atoms with Gasteiger partial charge in [-0.2, -0.15) is 0 Å². The van der Waals surface area contributed by atoms with Crippen molar-refractivity contribution in [3.05, 3.63) is 0 Å². The van der Waals surface area contributed by atoms with Gasteiger partial charge in [0.2, 0.25) is 0 Å². The minimum absolute atomic E-state index is 0.440. The van der Waals surface area contributed by atoms with E-state index in [-0.39, 0.29) is 0 Å². The minimum Gasteiger partial charge on any atom is -0.388 e. The molecule has 0 saturated heterocycles. The first-order valence-electron chi connectivity index (χ1n) is 5.77. The van der Waals surface area contributed by atoms with Crippen molar-refractivity contribution in [3.8, 4) is 0 Å². The van der Waals surface area contributed by atoms with Crippen LogP contribution in [0.1, 0.15) is 52.9 Å². The number of hydrogen-bond donors (Lipinski definition) is 1. The Labute approximate surface area is 88.7 Å². The average Bonchev–Trinajstić information content (AvgIpc) is 2.12. The predicted octanol–water partition coefficient (Wildman–Crippen LogP) is 2.99. The number of methoxy groups -OCH3 is 1. The molecule has 0 spiro atoms. The zero-order valence-corrected chi connectivity index (χ0v) is 10.2. The van der Waals surface area contributed by atoms with E-state index < -0.39 is 5.60 Å². The second-order valence-corrected chi connectivity index (χ2v) is 4.55. The Kier molecular flexibility index (Phi) is 7.20. The van der Waals surface area contributed by atoms with Crippen molar-refractivity contribution in [2.75, 3.05) is 13.7 Å². The van der Waals surface area contributed by atoms with Gasteiger partial charge < -0.3 is 9.84 Å². The van der Waals surface area contributed by atoms with E-state index in [1.54, 1.807) is 7.11 Å². The van der Waals surface area contributed by atoms with Gasteiger partial charge in [-0.1, -0.05) is 39.5 Å². The molecular weight excluding hydrogens is 176 g/mol. The van der Waals surface area contributed by atoms with Crippen molar-refractivity contribution in [1.29, 1.82) is 0 Å². The first kappa shape index (κ1) is 13.9. The summed E-state index contributed by atoms with van der Waals surface area (Å²) in [6.45, 7) is 6.71. The molecule has 2 atom stereocenters. The van der Waals surface area contributed by atoms with Gasteiger partial charge >= 0.3 is 0 Å². The van der Waals surface area contributed by atoms with Gasteiger partial charge in [-0.3, -0.25) is 0 Å². The maximum atomic E-state index is 9.99. The van der Waals surface area contributed by atoms with Gasteiger partial charge in [0, 0.05) is 7.11 Å². The van der Waals surface area contributed by atoms with Gasteiger partial charge in [-0.25, -0.2) is 0 Å². The van der Waals surface area contributed by atoms with E-state index in [1.807, 2.05) is 6.92 Å². The lowest BCUT2D eigenvalue weighted by atomic mass is 9.87. The van der Waals surface area contributed by atoms with Crippen molar-refractivity contribution in [2.24, 2.45) is 5.92 Å². The SMILES string of the molecule is CCCCC(CC)CC(C)(O)COC. The Morgan fingerprint density at radius 1 is 1.36 bits per heavy atom. The van der Waals surface area contributed by atoms with Gasteiger partial charge in [0.15, 0.2) is 0 Å². The minimum atomic E-state index is -0.650. The third kappa shape index (κ3) is 6.39. The molecule has 0 heterocycles. The van der Waals surface area contributed by atoms with Crippen LogP contribution in [0.5, 0.6) is 0 Å². The van der Waals surface area contributed by atoms with Crippen LogP contribution < -0.4 is 0 Å². The molecule has 0 aliphatic rings. The molecule has 0 radical (unpaired) electrons. The molecule has 2 heteroatoms. The molecule has 14 heavy (non-hydrogen) atoms. The van der Waals surface area contributed by atoms with Crippen molar-refractivity contribution in [2.45, 2.75) is 58.5 Å². The number of hydrogen-bond acceptors (Lipinski definition) is 2. The van der Waals surface area contributed by atoms with Gasteiger partial charge in [0.25, 0.3) is 0 Å². The summed E-state index contributed by atoms with van der Waals surface area (Å²) in [5, 5.41) is 9.99. The van der Waals surface area contributed by atoms with Crippen LogP contribution in [0.3, 0.4) is 0 Å². The van der Waals surface area contributed by atoms with E-state index in [1.165, 1.54) is 19.3 Å². The van der Waals surface area contributed by atoms with Crippen LogP contribution in [0.15, 0.2) is 0 Å². The molecule has 0 aromatic carbocycles. The van der Waals surface area contributed by atoms with E-state index >= 15 is 0 Å². The molecule has 0 fully saturated rings. The summed E-state index contributed by atoms with van der Waals surface area (Å²) in [7, 11) is 1.64. The second-order valence-electron chi connectivity index (χ2n) is 4.55. The van der Waals surface area contributed by atoms with E-state index in [0.29, 0.717) is 12.5 Å². The monoisotopic (exact) mass is 202 g/mol. The largest absolute Gasteiger partial charge is 0.388 e. The zero-order valence-electron chi connectivity index (χ0n) is 10.2. The predicted molar refractivity (Wildman–Crippen MR) is 60.4 cm³/mol. The van der Waals surface area contributed by atoms with Crippen LogP contribution in [0, 0.1) is 5.92 Å².